The van der Waals surface area contributed by atoms with Crippen molar-refractivity contribution in [2.24, 2.45) is 0 Å². The molecule has 2 rings (SSSR count). The molecular formula is C13H17NO4. The number of rotatable bonds is 4. The van der Waals surface area contributed by atoms with Crippen molar-refractivity contribution in [2.75, 3.05) is 13.1 Å². The first-order valence-corrected chi connectivity index (χ1v) is 6.06. The normalized spacial score (nSPS) is 20.1. The number of carboxylic acid groups (broad SMARTS) is 1. The van der Waals surface area contributed by atoms with Crippen molar-refractivity contribution >= 4 is 5.97 Å². The first kappa shape index (κ1) is 12.7. The molecule has 1 heterocycles. The average Bonchev–Trinajstić information content (AvgIpc) is 2.76. The molecule has 1 saturated heterocycles. The summed E-state index contributed by atoms with van der Waals surface area (Å²) in [6.07, 6.45) is 1.99. The highest BCUT2D eigenvalue weighted by Gasteiger charge is 2.30. The third-order valence-corrected chi connectivity index (χ3v) is 3.42. The lowest BCUT2D eigenvalue weighted by molar-refractivity contribution is -0.142. The fourth-order valence-electron chi connectivity index (χ4n) is 2.45. The summed E-state index contributed by atoms with van der Waals surface area (Å²) in [6, 6.07) is 4.18. The van der Waals surface area contributed by atoms with Gasteiger partial charge >= 0.3 is 5.97 Å². The second kappa shape index (κ2) is 5.27. The highest BCUT2D eigenvalue weighted by molar-refractivity contribution is 5.73. The molecule has 1 aromatic rings. The Morgan fingerprint density at radius 3 is 2.61 bits per heavy atom. The van der Waals surface area contributed by atoms with Gasteiger partial charge in [-0.1, -0.05) is 6.07 Å². The third-order valence-electron chi connectivity index (χ3n) is 3.42. The van der Waals surface area contributed by atoms with E-state index >= 15 is 0 Å². The molecule has 1 aliphatic heterocycles. The predicted molar refractivity (Wildman–Crippen MR) is 65.7 cm³/mol. The van der Waals surface area contributed by atoms with E-state index in [1.807, 2.05) is 4.90 Å². The van der Waals surface area contributed by atoms with Gasteiger partial charge in [-0.25, -0.2) is 0 Å². The summed E-state index contributed by atoms with van der Waals surface area (Å²) in [5.41, 5.74) is 0.480. The molecule has 3 N–H and O–H groups in total. The van der Waals surface area contributed by atoms with Crippen LogP contribution in [0, 0.1) is 0 Å². The molecule has 1 aromatic carbocycles. The number of benzene rings is 1. The van der Waals surface area contributed by atoms with Crippen molar-refractivity contribution in [3.8, 4) is 11.5 Å². The van der Waals surface area contributed by atoms with Gasteiger partial charge in [-0.3, -0.25) is 9.69 Å². The Labute approximate surface area is 105 Å². The first-order chi connectivity index (χ1) is 8.59. The summed E-state index contributed by atoms with van der Waals surface area (Å²) in [5, 5.41) is 28.3. The molecule has 98 valence electrons. The Bertz CT molecular complexity index is 426. The van der Waals surface area contributed by atoms with Gasteiger partial charge in [-0.2, -0.15) is 0 Å². The zero-order chi connectivity index (χ0) is 13.1. The Morgan fingerprint density at radius 1 is 1.33 bits per heavy atom. The van der Waals surface area contributed by atoms with E-state index in [0.717, 1.165) is 13.0 Å². The number of carboxylic acids is 1. The van der Waals surface area contributed by atoms with Crippen molar-refractivity contribution < 1.29 is 20.1 Å². The van der Waals surface area contributed by atoms with Gasteiger partial charge < -0.3 is 15.3 Å². The van der Waals surface area contributed by atoms with E-state index in [1.165, 1.54) is 12.1 Å². The molecule has 0 radical (unpaired) electrons. The van der Waals surface area contributed by atoms with Gasteiger partial charge in [0.1, 0.15) is 17.5 Å². The van der Waals surface area contributed by atoms with Gasteiger partial charge in [0.15, 0.2) is 0 Å². The Kier molecular flexibility index (Phi) is 3.72. The number of nitrogens with zero attached hydrogens (tertiary/aromatic N) is 1. The van der Waals surface area contributed by atoms with Crippen LogP contribution in [0.2, 0.25) is 0 Å². The maximum absolute atomic E-state index is 11.0. The first-order valence-electron chi connectivity index (χ1n) is 6.06. The number of hydrogen-bond acceptors (Lipinski definition) is 4. The molecule has 5 nitrogen and oxygen atoms in total. The molecule has 1 atom stereocenters. The van der Waals surface area contributed by atoms with Crippen LogP contribution in [0.25, 0.3) is 0 Å². The predicted octanol–water partition coefficient (Wildman–Crippen LogP) is 1.19. The fourth-order valence-corrected chi connectivity index (χ4v) is 2.45. The average molecular weight is 251 g/mol. The Hall–Kier alpha value is -1.75. The van der Waals surface area contributed by atoms with Crippen LogP contribution in [0.5, 0.6) is 11.5 Å². The van der Waals surface area contributed by atoms with Crippen LogP contribution in [0.4, 0.5) is 0 Å². The van der Waals surface area contributed by atoms with E-state index in [4.69, 9.17) is 5.11 Å². The van der Waals surface area contributed by atoms with Crippen molar-refractivity contribution in [3.05, 3.63) is 23.8 Å². The molecule has 0 aliphatic carbocycles. The minimum atomic E-state index is -0.797. The Balaban J connectivity index is 2.01. The van der Waals surface area contributed by atoms with Crippen molar-refractivity contribution in [1.29, 1.82) is 0 Å². The minimum Gasteiger partial charge on any atom is -0.508 e. The lowest BCUT2D eigenvalue weighted by Crippen LogP contribution is -2.37. The smallest absolute Gasteiger partial charge is 0.320 e. The summed E-state index contributed by atoms with van der Waals surface area (Å²) >= 11 is 0. The fraction of sp³-hybridized carbons (Fsp3) is 0.462. The largest absolute Gasteiger partial charge is 0.508 e. The molecule has 1 fully saturated rings. The van der Waals surface area contributed by atoms with Gasteiger partial charge in [0, 0.05) is 12.1 Å². The monoisotopic (exact) mass is 251 g/mol. The van der Waals surface area contributed by atoms with Gasteiger partial charge in [-0.15, -0.1) is 0 Å². The molecule has 1 aliphatic rings. The van der Waals surface area contributed by atoms with E-state index in [1.54, 1.807) is 6.07 Å². The molecule has 0 bridgehead atoms. The van der Waals surface area contributed by atoms with E-state index in [2.05, 4.69) is 0 Å². The summed E-state index contributed by atoms with van der Waals surface area (Å²) in [5.74, 6) is -0.684. The molecule has 18 heavy (non-hydrogen) atoms. The highest BCUT2D eigenvalue weighted by Crippen LogP contribution is 2.27. The van der Waals surface area contributed by atoms with Crippen LogP contribution in [0.15, 0.2) is 18.2 Å². The molecular weight excluding hydrogens is 234 g/mol. The number of phenols is 2. The number of phenolic OH excluding ortho intramolecular Hbond substituents is 2. The summed E-state index contributed by atoms with van der Waals surface area (Å²) in [4.78, 5) is 12.9. The number of carbonyl (C=O) groups is 1. The van der Waals surface area contributed by atoms with Crippen molar-refractivity contribution in [2.45, 2.75) is 25.3 Å². The van der Waals surface area contributed by atoms with Gasteiger partial charge in [0.2, 0.25) is 0 Å². The zero-order valence-corrected chi connectivity index (χ0v) is 10.0. The van der Waals surface area contributed by atoms with Crippen LogP contribution in [0.3, 0.4) is 0 Å². The van der Waals surface area contributed by atoms with Gasteiger partial charge in [-0.05, 0) is 37.9 Å². The van der Waals surface area contributed by atoms with Gasteiger partial charge in [0.05, 0.1) is 0 Å². The second-order valence-electron chi connectivity index (χ2n) is 4.56. The molecule has 0 saturated carbocycles. The lowest BCUT2D eigenvalue weighted by Gasteiger charge is -2.21. The van der Waals surface area contributed by atoms with Crippen molar-refractivity contribution in [1.82, 2.24) is 4.90 Å². The van der Waals surface area contributed by atoms with Crippen LogP contribution >= 0.6 is 0 Å². The molecule has 0 spiro atoms. The standard InChI is InChI=1S/C13H17NO4/c15-11-4-1-5-12(16)9(11)6-8-14-7-2-3-10(14)13(17)18/h1,4-5,10,15-16H,2-3,6-8H2,(H,17,18). The lowest BCUT2D eigenvalue weighted by atomic mass is 10.1. The van der Waals surface area contributed by atoms with E-state index in [0.29, 0.717) is 24.9 Å². The SMILES string of the molecule is O=C(O)C1CCCN1CCc1c(O)cccc1O. The minimum absolute atomic E-state index is 0.0565. The number of hydrogen-bond donors (Lipinski definition) is 3. The topological polar surface area (TPSA) is 81.0 Å². The van der Waals surface area contributed by atoms with Crippen LogP contribution in [0.1, 0.15) is 18.4 Å². The maximum Gasteiger partial charge on any atom is 0.320 e. The number of aliphatic carboxylic acids is 1. The zero-order valence-electron chi connectivity index (χ0n) is 10.0. The maximum atomic E-state index is 11.0. The highest BCUT2D eigenvalue weighted by atomic mass is 16.4. The molecule has 0 amide bonds. The molecule has 5 heteroatoms. The van der Waals surface area contributed by atoms with Crippen molar-refractivity contribution in [3.63, 3.8) is 0 Å². The van der Waals surface area contributed by atoms with Gasteiger partial charge in [0.25, 0.3) is 0 Å². The van der Waals surface area contributed by atoms with Crippen LogP contribution in [-0.4, -0.2) is 45.3 Å². The van der Waals surface area contributed by atoms with E-state index < -0.39 is 12.0 Å². The van der Waals surface area contributed by atoms with E-state index in [9.17, 15) is 15.0 Å². The summed E-state index contributed by atoms with van der Waals surface area (Å²) in [6.45, 7) is 1.29. The molecule has 0 aromatic heterocycles. The molecule has 1 unspecified atom stereocenters. The summed E-state index contributed by atoms with van der Waals surface area (Å²) < 4.78 is 0. The van der Waals surface area contributed by atoms with Crippen LogP contribution < -0.4 is 0 Å². The summed E-state index contributed by atoms with van der Waals surface area (Å²) in [7, 11) is 0. The quantitative estimate of drug-likeness (QED) is 0.749. The van der Waals surface area contributed by atoms with E-state index in [-0.39, 0.29) is 11.5 Å². The number of aromatic hydroxyl groups is 2. The third kappa shape index (κ3) is 2.56. The second-order valence-corrected chi connectivity index (χ2v) is 4.56. The number of likely N-dealkylation sites (tertiary alicyclic amines) is 1. The van der Waals surface area contributed by atoms with Crippen LogP contribution in [-0.2, 0) is 11.2 Å². The Morgan fingerprint density at radius 2 is 2.00 bits per heavy atom.